The van der Waals surface area contributed by atoms with Gasteiger partial charge in [-0.15, -0.1) is 10.2 Å². The minimum atomic E-state index is -0.520. The quantitative estimate of drug-likeness (QED) is 0.440. The molecule has 168 valence electrons. The summed E-state index contributed by atoms with van der Waals surface area (Å²) in [5, 5.41) is 9.96. The number of hydrogen-bond donors (Lipinski definition) is 0. The molecule has 0 spiro atoms. The number of carbonyl (C=O) groups excluding carboxylic acids is 1. The number of aromatic nitrogens is 2. The van der Waals surface area contributed by atoms with Gasteiger partial charge in [-0.1, -0.05) is 55.0 Å². The van der Waals surface area contributed by atoms with Gasteiger partial charge in [0.25, 0.3) is 5.91 Å². The van der Waals surface area contributed by atoms with Crippen molar-refractivity contribution in [1.29, 1.82) is 0 Å². The van der Waals surface area contributed by atoms with Crippen LogP contribution >= 0.6 is 11.3 Å². The summed E-state index contributed by atoms with van der Waals surface area (Å²) < 4.78 is 14.3. The molecule has 0 bridgehead atoms. The first kappa shape index (κ1) is 22.6. The molecule has 2 heterocycles. The van der Waals surface area contributed by atoms with Crippen molar-refractivity contribution < 1.29 is 9.18 Å². The van der Waals surface area contributed by atoms with Gasteiger partial charge < -0.3 is 0 Å². The molecule has 32 heavy (non-hydrogen) atoms. The molecule has 1 aromatic heterocycles. The van der Waals surface area contributed by atoms with Crippen molar-refractivity contribution in [2.45, 2.75) is 46.1 Å². The molecular weight excluding hydrogens is 423 g/mol. The van der Waals surface area contributed by atoms with Gasteiger partial charge in [0.1, 0.15) is 10.8 Å². The van der Waals surface area contributed by atoms with Gasteiger partial charge in [-0.3, -0.25) is 14.6 Å². The smallest absolute Gasteiger partial charge is 0.263 e. The van der Waals surface area contributed by atoms with E-state index in [1.807, 2.05) is 0 Å². The first-order valence-electron chi connectivity index (χ1n) is 11.3. The number of rotatable bonds is 8. The standard InChI is InChI=1S/C25H29FN4OS/c1-3-4-15-30(24(31)21-9-5-6-10-22(21)26)25-28-27-23(32-25)20-12-11-19(16-18(20)2)17-29-13-7-8-14-29/h5-6,9-12,16H,3-4,7-8,13-15,17H2,1-2H3. The van der Waals surface area contributed by atoms with Gasteiger partial charge in [0.2, 0.25) is 5.13 Å². The van der Waals surface area contributed by atoms with E-state index in [-0.39, 0.29) is 11.5 Å². The summed E-state index contributed by atoms with van der Waals surface area (Å²) >= 11 is 1.38. The van der Waals surface area contributed by atoms with Crippen LogP contribution in [-0.2, 0) is 6.54 Å². The van der Waals surface area contributed by atoms with Gasteiger partial charge in [0, 0.05) is 18.7 Å². The number of halogens is 1. The predicted octanol–water partition coefficient (Wildman–Crippen LogP) is 5.70. The van der Waals surface area contributed by atoms with E-state index in [1.54, 1.807) is 17.0 Å². The molecule has 0 radical (unpaired) electrons. The number of hydrogen-bond acceptors (Lipinski definition) is 5. The number of nitrogens with zero attached hydrogens (tertiary/aromatic N) is 4. The summed E-state index contributed by atoms with van der Waals surface area (Å²) in [6.45, 7) is 7.94. The molecule has 5 nitrogen and oxygen atoms in total. The number of unbranched alkanes of at least 4 members (excludes halogenated alkanes) is 1. The van der Waals surface area contributed by atoms with Crippen molar-refractivity contribution in [3.8, 4) is 10.6 Å². The third kappa shape index (κ3) is 5.05. The molecule has 1 fully saturated rings. The van der Waals surface area contributed by atoms with E-state index in [1.165, 1.54) is 55.0 Å². The van der Waals surface area contributed by atoms with Crippen LogP contribution in [0.1, 0.15) is 54.1 Å². The van der Waals surface area contributed by atoms with Gasteiger partial charge in [-0.2, -0.15) is 0 Å². The third-order valence-electron chi connectivity index (χ3n) is 5.86. The Hall–Kier alpha value is -2.64. The highest BCUT2D eigenvalue weighted by atomic mass is 32.1. The SMILES string of the molecule is CCCCN(C(=O)c1ccccc1F)c1nnc(-c2ccc(CN3CCCC3)cc2C)s1. The Morgan fingerprint density at radius 1 is 1.16 bits per heavy atom. The Labute approximate surface area is 192 Å². The molecule has 1 aliphatic rings. The van der Waals surface area contributed by atoms with E-state index in [9.17, 15) is 9.18 Å². The van der Waals surface area contributed by atoms with Crippen molar-refractivity contribution in [3.63, 3.8) is 0 Å². The summed E-state index contributed by atoms with van der Waals surface area (Å²) in [7, 11) is 0. The van der Waals surface area contributed by atoms with Crippen LogP contribution in [-0.4, -0.2) is 40.6 Å². The van der Waals surface area contributed by atoms with Gasteiger partial charge in [0.05, 0.1) is 5.56 Å². The Kier molecular flexibility index (Phi) is 7.27. The number of carbonyl (C=O) groups is 1. The molecule has 3 aromatic rings. The van der Waals surface area contributed by atoms with Crippen LogP contribution < -0.4 is 4.90 Å². The summed E-state index contributed by atoms with van der Waals surface area (Å²) in [5.74, 6) is -0.898. The summed E-state index contributed by atoms with van der Waals surface area (Å²) in [5.41, 5.74) is 3.53. The van der Waals surface area contributed by atoms with Crippen LogP contribution in [0.2, 0.25) is 0 Å². The second-order valence-electron chi connectivity index (χ2n) is 8.31. The van der Waals surface area contributed by atoms with E-state index in [4.69, 9.17) is 0 Å². The third-order valence-corrected chi connectivity index (χ3v) is 6.84. The zero-order chi connectivity index (χ0) is 22.5. The lowest BCUT2D eigenvalue weighted by Gasteiger charge is -2.19. The second-order valence-corrected chi connectivity index (χ2v) is 9.27. The highest BCUT2D eigenvalue weighted by Crippen LogP contribution is 2.32. The fourth-order valence-corrected chi connectivity index (χ4v) is 5.04. The molecule has 0 saturated carbocycles. The fraction of sp³-hybridized carbons (Fsp3) is 0.400. The first-order valence-corrected chi connectivity index (χ1v) is 12.1. The molecule has 1 saturated heterocycles. The number of benzene rings is 2. The van der Waals surface area contributed by atoms with Gasteiger partial charge in [-0.25, -0.2) is 4.39 Å². The van der Waals surface area contributed by atoms with E-state index in [0.717, 1.165) is 35.5 Å². The monoisotopic (exact) mass is 452 g/mol. The minimum absolute atomic E-state index is 0.0581. The molecule has 0 atom stereocenters. The lowest BCUT2D eigenvalue weighted by atomic mass is 10.1. The average molecular weight is 453 g/mol. The molecule has 0 N–H and O–H groups in total. The molecule has 7 heteroatoms. The fourth-order valence-electron chi connectivity index (χ4n) is 4.08. The van der Waals surface area contributed by atoms with Crippen LogP contribution in [0.25, 0.3) is 10.6 Å². The van der Waals surface area contributed by atoms with E-state index >= 15 is 0 Å². The summed E-state index contributed by atoms with van der Waals surface area (Å²) in [6, 6.07) is 12.6. The van der Waals surface area contributed by atoms with Crippen molar-refractivity contribution in [3.05, 3.63) is 65.0 Å². The Morgan fingerprint density at radius 2 is 1.94 bits per heavy atom. The lowest BCUT2D eigenvalue weighted by molar-refractivity contribution is 0.0982. The van der Waals surface area contributed by atoms with Crippen molar-refractivity contribution in [2.75, 3.05) is 24.5 Å². The highest BCUT2D eigenvalue weighted by molar-refractivity contribution is 7.18. The molecule has 0 unspecified atom stereocenters. The van der Waals surface area contributed by atoms with E-state index in [2.05, 4.69) is 47.1 Å². The maximum atomic E-state index is 14.3. The molecular formula is C25H29FN4OS. The Morgan fingerprint density at radius 3 is 2.66 bits per heavy atom. The minimum Gasteiger partial charge on any atom is -0.299 e. The van der Waals surface area contributed by atoms with Crippen LogP contribution in [0.3, 0.4) is 0 Å². The van der Waals surface area contributed by atoms with Gasteiger partial charge in [0.15, 0.2) is 0 Å². The molecule has 2 aromatic carbocycles. The number of aryl methyl sites for hydroxylation is 1. The van der Waals surface area contributed by atoms with Crippen LogP contribution in [0.5, 0.6) is 0 Å². The van der Waals surface area contributed by atoms with Crippen LogP contribution in [0, 0.1) is 12.7 Å². The largest absolute Gasteiger partial charge is 0.299 e. The zero-order valence-electron chi connectivity index (χ0n) is 18.7. The lowest BCUT2D eigenvalue weighted by Crippen LogP contribution is -2.32. The van der Waals surface area contributed by atoms with Crippen molar-refractivity contribution in [1.82, 2.24) is 15.1 Å². The van der Waals surface area contributed by atoms with E-state index < -0.39 is 5.82 Å². The molecule has 4 rings (SSSR count). The Bertz CT molecular complexity index is 1080. The normalized spacial score (nSPS) is 14.1. The van der Waals surface area contributed by atoms with Crippen LogP contribution in [0.15, 0.2) is 42.5 Å². The molecule has 1 amide bonds. The van der Waals surface area contributed by atoms with E-state index in [0.29, 0.717) is 11.7 Å². The van der Waals surface area contributed by atoms with Gasteiger partial charge >= 0.3 is 0 Å². The number of amides is 1. The second kappa shape index (κ2) is 10.3. The maximum absolute atomic E-state index is 14.3. The Balaban J connectivity index is 1.57. The van der Waals surface area contributed by atoms with Gasteiger partial charge in [-0.05, 0) is 62.5 Å². The average Bonchev–Trinajstić information content (AvgIpc) is 3.47. The molecule has 0 aliphatic carbocycles. The predicted molar refractivity (Wildman–Crippen MR) is 128 cm³/mol. The number of anilines is 1. The maximum Gasteiger partial charge on any atom is 0.263 e. The van der Waals surface area contributed by atoms with Crippen molar-refractivity contribution in [2.24, 2.45) is 0 Å². The summed E-state index contributed by atoms with van der Waals surface area (Å²) in [6.07, 6.45) is 4.29. The van der Waals surface area contributed by atoms with Crippen LogP contribution in [0.4, 0.5) is 9.52 Å². The molecule has 1 aliphatic heterocycles. The first-order chi connectivity index (χ1) is 15.6. The summed E-state index contributed by atoms with van der Waals surface area (Å²) in [4.78, 5) is 17.2. The number of likely N-dealkylation sites (tertiary alicyclic amines) is 1. The topological polar surface area (TPSA) is 49.3 Å². The highest BCUT2D eigenvalue weighted by Gasteiger charge is 2.24. The van der Waals surface area contributed by atoms with Crippen molar-refractivity contribution >= 4 is 22.4 Å². The zero-order valence-corrected chi connectivity index (χ0v) is 19.5.